The van der Waals surface area contributed by atoms with Crippen molar-refractivity contribution in [1.29, 1.82) is 0 Å². The summed E-state index contributed by atoms with van der Waals surface area (Å²) in [7, 11) is 1.47. The van der Waals surface area contributed by atoms with E-state index in [0.29, 0.717) is 36.8 Å². The number of carboxylic acid groups (broad SMARTS) is 1. The Morgan fingerprint density at radius 3 is 2.44 bits per heavy atom. The molecule has 2 aliphatic rings. The molecule has 2 amide bonds. The van der Waals surface area contributed by atoms with Gasteiger partial charge in [0, 0.05) is 32.0 Å². The molecule has 0 radical (unpaired) electrons. The number of imidazole rings is 1. The summed E-state index contributed by atoms with van der Waals surface area (Å²) in [5.41, 5.74) is 5.33. The Hall–Kier alpha value is -3.91. The van der Waals surface area contributed by atoms with E-state index in [2.05, 4.69) is 15.4 Å². The Morgan fingerprint density at radius 1 is 1.22 bits per heavy atom. The van der Waals surface area contributed by atoms with E-state index >= 15 is 0 Å². The Labute approximate surface area is 238 Å². The van der Waals surface area contributed by atoms with Gasteiger partial charge < -0.3 is 25.6 Å². The summed E-state index contributed by atoms with van der Waals surface area (Å²) < 4.78 is 43.6. The van der Waals surface area contributed by atoms with E-state index in [0.717, 1.165) is 25.7 Å². The molecule has 2 aromatic heterocycles. The number of carbonyl (C=O) groups is 3. The summed E-state index contributed by atoms with van der Waals surface area (Å²) in [5, 5.41) is 13.5. The van der Waals surface area contributed by atoms with Crippen molar-refractivity contribution in [2.45, 2.75) is 37.9 Å². The summed E-state index contributed by atoms with van der Waals surface area (Å²) in [6, 6.07) is 4.51. The maximum atomic E-state index is 13.7. The lowest BCUT2D eigenvalue weighted by atomic mass is 9.96. The van der Waals surface area contributed by atoms with Crippen molar-refractivity contribution in [3.05, 3.63) is 52.7 Å². The lowest BCUT2D eigenvalue weighted by Crippen LogP contribution is -2.40. The topological polar surface area (TPSA) is 148 Å². The zero-order valence-electron chi connectivity index (χ0n) is 22.1. The van der Waals surface area contributed by atoms with Gasteiger partial charge in [0.05, 0.1) is 34.1 Å². The first kappa shape index (κ1) is 30.1. The van der Waals surface area contributed by atoms with E-state index in [1.165, 1.54) is 34.8 Å². The molecule has 1 aromatic carbocycles. The van der Waals surface area contributed by atoms with Crippen LogP contribution in [-0.2, 0) is 18.0 Å². The number of nitrogens with zero attached hydrogens (tertiary/aromatic N) is 5. The van der Waals surface area contributed by atoms with Gasteiger partial charge in [0.15, 0.2) is 11.5 Å². The molecule has 3 heterocycles. The number of hydrogen-bond acceptors (Lipinski definition) is 6. The van der Waals surface area contributed by atoms with Crippen molar-refractivity contribution < 1.29 is 32.7 Å². The largest absolute Gasteiger partial charge is 0.483 e. The highest BCUT2D eigenvalue weighted by Crippen LogP contribution is 2.41. The average molecular weight is 596 g/mol. The summed E-state index contributed by atoms with van der Waals surface area (Å²) in [6.07, 6.45) is 1.15. The van der Waals surface area contributed by atoms with Gasteiger partial charge >= 0.3 is 6.18 Å². The number of aromatic nitrogens is 4. The van der Waals surface area contributed by atoms with Gasteiger partial charge in [0.2, 0.25) is 0 Å². The van der Waals surface area contributed by atoms with Gasteiger partial charge in [-0.2, -0.15) is 18.3 Å². The number of anilines is 1. The van der Waals surface area contributed by atoms with Crippen LogP contribution in [0.25, 0.3) is 11.3 Å². The number of amides is 2. The van der Waals surface area contributed by atoms with Gasteiger partial charge in [-0.05, 0) is 56.3 Å². The highest BCUT2D eigenvalue weighted by Gasteiger charge is 2.40. The second-order valence-corrected chi connectivity index (χ2v) is 10.3. The molecule has 1 saturated heterocycles. The van der Waals surface area contributed by atoms with Gasteiger partial charge in [-0.15, -0.1) is 0 Å². The van der Waals surface area contributed by atoms with Crippen LogP contribution in [0.4, 0.5) is 18.9 Å². The maximum Gasteiger partial charge on any atom is 0.435 e. The number of benzene rings is 1. The van der Waals surface area contributed by atoms with Crippen molar-refractivity contribution in [3.8, 4) is 11.3 Å². The van der Waals surface area contributed by atoms with Gasteiger partial charge in [0.25, 0.3) is 18.3 Å². The van der Waals surface area contributed by atoms with Gasteiger partial charge in [0.1, 0.15) is 0 Å². The quantitative estimate of drug-likeness (QED) is 0.364. The number of likely N-dealkylation sites (tertiary alicyclic amines) is 1. The molecule has 11 nitrogen and oxygen atoms in total. The lowest BCUT2D eigenvalue weighted by Gasteiger charge is -2.31. The van der Waals surface area contributed by atoms with Crippen LogP contribution in [-0.4, -0.2) is 67.3 Å². The zero-order valence-corrected chi connectivity index (χ0v) is 22.8. The zero-order chi connectivity index (χ0) is 29.9. The molecule has 2 fully saturated rings. The Balaban J connectivity index is 0.00000124. The fraction of sp³-hybridized carbons (Fsp3) is 0.423. The van der Waals surface area contributed by atoms with Gasteiger partial charge in [-0.25, -0.2) is 4.98 Å². The molecule has 0 unspecified atom stereocenters. The number of piperidine rings is 1. The highest BCUT2D eigenvalue weighted by atomic mass is 35.5. The van der Waals surface area contributed by atoms with Crippen LogP contribution in [0.1, 0.15) is 58.4 Å². The van der Waals surface area contributed by atoms with Crippen LogP contribution in [0.2, 0.25) is 5.02 Å². The molecular formula is C26H29ClF3N7O4. The van der Waals surface area contributed by atoms with E-state index in [1.54, 1.807) is 17.0 Å². The van der Waals surface area contributed by atoms with Crippen molar-refractivity contribution in [2.75, 3.05) is 25.0 Å². The predicted molar refractivity (Wildman–Crippen MR) is 143 cm³/mol. The third kappa shape index (κ3) is 6.70. The van der Waals surface area contributed by atoms with Crippen LogP contribution in [0, 0.1) is 5.92 Å². The maximum absolute atomic E-state index is 13.7. The molecule has 1 aliphatic heterocycles. The first-order valence-corrected chi connectivity index (χ1v) is 13.2. The van der Waals surface area contributed by atoms with Crippen LogP contribution in [0.3, 0.4) is 0 Å². The molecule has 5 rings (SSSR count). The Bertz CT molecular complexity index is 1430. The molecule has 3 aromatic rings. The fourth-order valence-electron chi connectivity index (χ4n) is 4.68. The molecule has 4 N–H and O–H groups in total. The van der Waals surface area contributed by atoms with E-state index in [-0.39, 0.29) is 40.5 Å². The number of carbonyl (C=O) groups excluding carboxylic acids is 2. The minimum absolute atomic E-state index is 0.0433. The summed E-state index contributed by atoms with van der Waals surface area (Å²) in [6.45, 7) is 1.56. The third-order valence-electron chi connectivity index (χ3n) is 7.08. The normalized spacial score (nSPS) is 15.7. The number of nitrogens with two attached hydrogens (primary N) is 1. The second kappa shape index (κ2) is 12.3. The molecular weight excluding hydrogens is 567 g/mol. The number of nitrogens with one attached hydrogen (secondary N) is 1. The fourth-order valence-corrected chi connectivity index (χ4v) is 4.94. The molecule has 15 heteroatoms. The molecule has 41 heavy (non-hydrogen) atoms. The number of halogens is 4. The van der Waals surface area contributed by atoms with E-state index in [9.17, 15) is 22.8 Å². The van der Waals surface area contributed by atoms with Crippen LogP contribution < -0.4 is 11.1 Å². The van der Waals surface area contributed by atoms with Gasteiger partial charge in [-0.3, -0.25) is 19.1 Å². The second-order valence-electron chi connectivity index (χ2n) is 9.85. The molecule has 1 aliphatic carbocycles. The SMILES string of the molecule is Cn1c(-c2cn(C3CC3)nc2C(F)(F)F)cnc1C(=O)Nc1ccc(C(=O)N2CCC(CN)CC2)c(Cl)c1.O=CO. The molecule has 0 atom stereocenters. The van der Waals surface area contributed by atoms with Crippen molar-refractivity contribution in [3.63, 3.8) is 0 Å². The minimum atomic E-state index is -4.65. The van der Waals surface area contributed by atoms with Gasteiger partial charge in [-0.1, -0.05) is 11.6 Å². The van der Waals surface area contributed by atoms with Crippen LogP contribution in [0.15, 0.2) is 30.6 Å². The average Bonchev–Trinajstić information content (AvgIpc) is 3.56. The van der Waals surface area contributed by atoms with E-state index in [1.807, 2.05) is 0 Å². The Kier molecular flexibility index (Phi) is 9.02. The third-order valence-corrected chi connectivity index (χ3v) is 7.39. The number of alkyl halides is 3. The lowest BCUT2D eigenvalue weighted by molar-refractivity contribution is -0.141. The molecule has 0 spiro atoms. The van der Waals surface area contributed by atoms with Crippen LogP contribution >= 0.6 is 11.6 Å². The Morgan fingerprint density at radius 2 is 1.88 bits per heavy atom. The highest BCUT2D eigenvalue weighted by molar-refractivity contribution is 6.34. The minimum Gasteiger partial charge on any atom is -0.483 e. The number of hydrogen-bond donors (Lipinski definition) is 3. The summed E-state index contributed by atoms with van der Waals surface area (Å²) in [5.74, 6) is -0.510. The summed E-state index contributed by atoms with van der Waals surface area (Å²) in [4.78, 5) is 40.0. The van der Waals surface area contributed by atoms with Crippen molar-refractivity contribution in [2.24, 2.45) is 18.7 Å². The van der Waals surface area contributed by atoms with Crippen molar-refractivity contribution >= 4 is 35.6 Å². The standard InChI is InChI=1S/C25H27ClF3N7O2.CH2O2/c1-34-20(18-13-36(16-3-4-16)33-21(18)25(27,28)29)12-31-22(34)23(37)32-15-2-5-17(19(26)10-15)24(38)35-8-6-14(11-30)7-9-35;2-1-3/h2,5,10,12-14,16H,3-4,6-9,11,30H2,1H3,(H,32,37);1H,(H,2,3). The summed E-state index contributed by atoms with van der Waals surface area (Å²) >= 11 is 6.38. The first-order valence-electron chi connectivity index (χ1n) is 12.8. The monoisotopic (exact) mass is 595 g/mol. The first-order chi connectivity index (χ1) is 19.5. The van der Waals surface area contributed by atoms with Crippen molar-refractivity contribution in [1.82, 2.24) is 24.2 Å². The number of rotatable bonds is 6. The molecule has 0 bridgehead atoms. The molecule has 1 saturated carbocycles. The molecule has 220 valence electrons. The predicted octanol–water partition coefficient (Wildman–Crippen LogP) is 4.05. The van der Waals surface area contributed by atoms with E-state index < -0.39 is 17.8 Å². The smallest absolute Gasteiger partial charge is 0.435 e. The van der Waals surface area contributed by atoms with Crippen LogP contribution in [0.5, 0.6) is 0 Å². The van der Waals surface area contributed by atoms with E-state index in [4.69, 9.17) is 27.2 Å².